The molecule has 2 aromatic rings. The smallest absolute Gasteiger partial charge is 0.270 e. The van der Waals surface area contributed by atoms with Gasteiger partial charge in [0.2, 0.25) is 0 Å². The molecule has 0 saturated carbocycles. The minimum Gasteiger partial charge on any atom is -0.330 e. The first-order valence-corrected chi connectivity index (χ1v) is 11.8. The fraction of sp³-hybridized carbons (Fsp3) is 0.381. The number of rotatable bonds is 6. The Kier molecular flexibility index (Phi) is 6.47. The third-order valence-electron chi connectivity index (χ3n) is 5.30. The number of non-ortho nitro benzene ring substituents is 1. The zero-order valence-corrected chi connectivity index (χ0v) is 18.3. The molecule has 0 aromatic heterocycles. The van der Waals surface area contributed by atoms with Crippen molar-refractivity contribution in [3.8, 4) is 0 Å². The van der Waals surface area contributed by atoms with E-state index in [1.54, 1.807) is 0 Å². The van der Waals surface area contributed by atoms with Crippen molar-refractivity contribution in [3.05, 3.63) is 74.3 Å². The lowest BCUT2D eigenvalue weighted by molar-refractivity contribution is -0.384. The average molecular weight is 451 g/mol. The Balaban J connectivity index is 1.96. The van der Waals surface area contributed by atoms with E-state index in [0.29, 0.717) is 12.3 Å². The van der Waals surface area contributed by atoms with E-state index in [0.717, 1.165) is 17.2 Å². The molecule has 1 atom stereocenters. The molecule has 1 amide bonds. The standard InChI is InChI=1S/C21H23ClN2O5S/c1-14(2)16-5-3-15(4-6-16)12-23(18-9-10-30(28,29)13-18)21(25)19-11-17(24(26)27)7-8-20(19)22/h3-8,11,14,18H,9-10,12-13H2,1-2H3. The van der Waals surface area contributed by atoms with Crippen LogP contribution in [0.25, 0.3) is 0 Å². The summed E-state index contributed by atoms with van der Waals surface area (Å²) in [4.78, 5) is 25.4. The number of halogens is 1. The molecule has 1 saturated heterocycles. The number of sulfone groups is 1. The van der Waals surface area contributed by atoms with Crippen molar-refractivity contribution in [2.24, 2.45) is 0 Å². The highest BCUT2D eigenvalue weighted by Crippen LogP contribution is 2.28. The van der Waals surface area contributed by atoms with Crippen LogP contribution >= 0.6 is 11.6 Å². The van der Waals surface area contributed by atoms with Crippen molar-refractivity contribution in [2.45, 2.75) is 38.8 Å². The Morgan fingerprint density at radius 1 is 1.23 bits per heavy atom. The highest BCUT2D eigenvalue weighted by molar-refractivity contribution is 7.91. The van der Waals surface area contributed by atoms with Gasteiger partial charge in [-0.25, -0.2) is 8.42 Å². The monoisotopic (exact) mass is 450 g/mol. The van der Waals surface area contributed by atoms with Gasteiger partial charge in [0, 0.05) is 24.7 Å². The topological polar surface area (TPSA) is 97.6 Å². The third kappa shape index (κ3) is 4.99. The third-order valence-corrected chi connectivity index (χ3v) is 7.38. The van der Waals surface area contributed by atoms with E-state index in [9.17, 15) is 23.3 Å². The number of hydrogen-bond acceptors (Lipinski definition) is 5. The highest BCUT2D eigenvalue weighted by Gasteiger charge is 2.36. The lowest BCUT2D eigenvalue weighted by Gasteiger charge is -2.29. The van der Waals surface area contributed by atoms with Crippen LogP contribution in [0, 0.1) is 10.1 Å². The second kappa shape index (κ2) is 8.73. The van der Waals surface area contributed by atoms with Gasteiger partial charge in [-0.15, -0.1) is 0 Å². The van der Waals surface area contributed by atoms with E-state index in [-0.39, 0.29) is 34.3 Å². The molecule has 0 spiro atoms. The van der Waals surface area contributed by atoms with E-state index in [1.807, 2.05) is 24.3 Å². The van der Waals surface area contributed by atoms with E-state index in [4.69, 9.17) is 11.6 Å². The van der Waals surface area contributed by atoms with Crippen molar-refractivity contribution in [1.29, 1.82) is 0 Å². The molecule has 0 radical (unpaired) electrons. The first-order chi connectivity index (χ1) is 14.1. The quantitative estimate of drug-likeness (QED) is 0.485. The molecule has 9 heteroatoms. The molecule has 160 valence electrons. The number of hydrogen-bond donors (Lipinski definition) is 0. The normalized spacial score (nSPS) is 17.8. The molecular weight excluding hydrogens is 428 g/mol. The van der Waals surface area contributed by atoms with Crippen molar-refractivity contribution >= 4 is 33.0 Å². The zero-order chi connectivity index (χ0) is 22.1. The molecular formula is C21H23ClN2O5S. The van der Waals surface area contributed by atoms with Gasteiger partial charge in [-0.2, -0.15) is 0 Å². The van der Waals surface area contributed by atoms with E-state index >= 15 is 0 Å². The maximum Gasteiger partial charge on any atom is 0.270 e. The molecule has 1 fully saturated rings. The van der Waals surface area contributed by atoms with Crippen molar-refractivity contribution in [3.63, 3.8) is 0 Å². The molecule has 1 unspecified atom stereocenters. The van der Waals surface area contributed by atoms with Gasteiger partial charge in [0.1, 0.15) is 0 Å². The van der Waals surface area contributed by atoms with Crippen LogP contribution in [0.4, 0.5) is 5.69 Å². The van der Waals surface area contributed by atoms with Gasteiger partial charge in [-0.05, 0) is 29.5 Å². The van der Waals surface area contributed by atoms with Gasteiger partial charge >= 0.3 is 0 Å². The van der Waals surface area contributed by atoms with Crippen LogP contribution in [0.1, 0.15) is 47.7 Å². The number of benzene rings is 2. The number of amides is 1. The van der Waals surface area contributed by atoms with Crippen molar-refractivity contribution in [2.75, 3.05) is 11.5 Å². The van der Waals surface area contributed by atoms with Gasteiger partial charge in [0.05, 0.1) is 27.0 Å². The van der Waals surface area contributed by atoms with Gasteiger partial charge < -0.3 is 4.90 Å². The summed E-state index contributed by atoms with van der Waals surface area (Å²) in [6.07, 6.45) is 0.324. The zero-order valence-electron chi connectivity index (χ0n) is 16.7. The Hall–Kier alpha value is -2.45. The summed E-state index contributed by atoms with van der Waals surface area (Å²) in [5.74, 6) is -0.273. The van der Waals surface area contributed by atoms with E-state index < -0.39 is 26.7 Å². The Labute approximate surface area is 180 Å². The SMILES string of the molecule is CC(C)c1ccc(CN(C(=O)c2cc([N+](=O)[O-])ccc2Cl)C2CCS(=O)(=O)C2)cc1. The number of carbonyl (C=O) groups excluding carboxylic acids is 1. The highest BCUT2D eigenvalue weighted by atomic mass is 35.5. The molecule has 3 rings (SSSR count). The van der Waals surface area contributed by atoms with Gasteiger partial charge in [0.25, 0.3) is 11.6 Å². The van der Waals surface area contributed by atoms with Crippen molar-refractivity contribution in [1.82, 2.24) is 4.90 Å². The first-order valence-electron chi connectivity index (χ1n) is 9.61. The van der Waals surface area contributed by atoms with Gasteiger partial charge in [0.15, 0.2) is 9.84 Å². The molecule has 0 bridgehead atoms. The largest absolute Gasteiger partial charge is 0.330 e. The second-order valence-corrected chi connectivity index (χ2v) is 10.4. The fourth-order valence-corrected chi connectivity index (χ4v) is 5.47. The maximum absolute atomic E-state index is 13.3. The van der Waals surface area contributed by atoms with Crippen LogP contribution in [-0.2, 0) is 16.4 Å². The molecule has 1 aliphatic heterocycles. The Bertz CT molecular complexity index is 1070. The Morgan fingerprint density at radius 2 is 1.90 bits per heavy atom. The summed E-state index contributed by atoms with van der Waals surface area (Å²) in [6.45, 7) is 4.35. The molecule has 30 heavy (non-hydrogen) atoms. The minimum absolute atomic E-state index is 0.00559. The lowest BCUT2D eigenvalue weighted by Crippen LogP contribution is -2.40. The Morgan fingerprint density at radius 3 is 2.43 bits per heavy atom. The first kappa shape index (κ1) is 22.2. The molecule has 1 heterocycles. The van der Waals surface area contributed by atoms with Gasteiger partial charge in [-0.3, -0.25) is 14.9 Å². The van der Waals surface area contributed by atoms with Crippen LogP contribution in [0.2, 0.25) is 5.02 Å². The van der Waals surface area contributed by atoms with Gasteiger partial charge in [-0.1, -0.05) is 49.7 Å². The molecule has 0 N–H and O–H groups in total. The predicted molar refractivity (Wildman–Crippen MR) is 116 cm³/mol. The van der Waals surface area contributed by atoms with Crippen LogP contribution < -0.4 is 0 Å². The minimum atomic E-state index is -3.23. The molecule has 1 aliphatic rings. The van der Waals surface area contributed by atoms with Crippen LogP contribution in [0.15, 0.2) is 42.5 Å². The summed E-state index contributed by atoms with van der Waals surface area (Å²) in [6, 6.07) is 11.0. The lowest BCUT2D eigenvalue weighted by atomic mass is 10.0. The van der Waals surface area contributed by atoms with Crippen LogP contribution in [0.5, 0.6) is 0 Å². The molecule has 0 aliphatic carbocycles. The second-order valence-electron chi connectivity index (χ2n) is 7.81. The fourth-order valence-electron chi connectivity index (χ4n) is 3.54. The summed E-state index contributed by atoms with van der Waals surface area (Å²) in [5, 5.41) is 11.2. The van der Waals surface area contributed by atoms with Crippen LogP contribution in [-0.4, -0.2) is 41.7 Å². The van der Waals surface area contributed by atoms with E-state index in [1.165, 1.54) is 17.0 Å². The van der Waals surface area contributed by atoms with Crippen molar-refractivity contribution < 1.29 is 18.1 Å². The maximum atomic E-state index is 13.3. The summed E-state index contributed by atoms with van der Waals surface area (Å²) < 4.78 is 24.1. The number of nitro groups is 1. The summed E-state index contributed by atoms with van der Waals surface area (Å²) >= 11 is 6.17. The molecule has 2 aromatic carbocycles. The van der Waals surface area contributed by atoms with E-state index in [2.05, 4.69) is 13.8 Å². The van der Waals surface area contributed by atoms with Crippen LogP contribution in [0.3, 0.4) is 0 Å². The number of nitro benzene ring substituents is 1. The predicted octanol–water partition coefficient (Wildman–Crippen LogP) is 4.20. The average Bonchev–Trinajstić information content (AvgIpc) is 3.05. The summed E-state index contributed by atoms with van der Waals surface area (Å²) in [5.41, 5.74) is 1.75. The number of nitrogens with zero attached hydrogens (tertiary/aromatic N) is 2. The summed E-state index contributed by atoms with van der Waals surface area (Å²) in [7, 11) is -3.23. The molecule has 7 nitrogen and oxygen atoms in total. The number of carbonyl (C=O) groups is 1.